The van der Waals surface area contributed by atoms with Crippen LogP contribution in [0, 0.1) is 11.8 Å². The molecule has 0 atom stereocenters. The van der Waals surface area contributed by atoms with Crippen LogP contribution in [0.4, 0.5) is 0 Å². The maximum Gasteiger partial charge on any atom is 0.252 e. The van der Waals surface area contributed by atoms with Crippen molar-refractivity contribution in [3.8, 4) is 23.3 Å². The quantitative estimate of drug-likeness (QED) is 0.882. The van der Waals surface area contributed by atoms with Gasteiger partial charge in [0.2, 0.25) is 0 Å². The molecule has 2 rings (SSSR count). The summed E-state index contributed by atoms with van der Waals surface area (Å²) in [5.41, 5.74) is 1.42. The molecule has 0 fully saturated rings. The number of ether oxygens (including phenoxy) is 2. The van der Waals surface area contributed by atoms with Crippen molar-refractivity contribution < 1.29 is 14.3 Å². The first kappa shape index (κ1) is 15.5. The Morgan fingerprint density at radius 3 is 2.45 bits per heavy atom. The first-order chi connectivity index (χ1) is 10.7. The molecule has 4 nitrogen and oxygen atoms in total. The van der Waals surface area contributed by atoms with Gasteiger partial charge in [0.25, 0.3) is 5.91 Å². The largest absolute Gasteiger partial charge is 0.493 e. The molecule has 0 spiro atoms. The van der Waals surface area contributed by atoms with E-state index in [2.05, 4.69) is 17.2 Å². The molecule has 0 aliphatic heterocycles. The maximum atomic E-state index is 12.0. The number of benzene rings is 2. The van der Waals surface area contributed by atoms with Crippen LogP contribution in [0.1, 0.15) is 15.9 Å². The normalized spacial score (nSPS) is 9.36. The van der Waals surface area contributed by atoms with E-state index < -0.39 is 0 Å². The lowest BCUT2D eigenvalue weighted by Crippen LogP contribution is -2.23. The number of hydrogen-bond acceptors (Lipinski definition) is 3. The Hall–Kier alpha value is -2.93. The lowest BCUT2D eigenvalue weighted by Gasteiger charge is -2.09. The Kier molecular flexibility index (Phi) is 5.44. The zero-order valence-electron chi connectivity index (χ0n) is 12.6. The van der Waals surface area contributed by atoms with E-state index in [0.717, 1.165) is 5.56 Å². The van der Waals surface area contributed by atoms with Crippen LogP contribution in [-0.4, -0.2) is 26.7 Å². The highest BCUT2D eigenvalue weighted by Crippen LogP contribution is 2.27. The summed E-state index contributed by atoms with van der Waals surface area (Å²) in [6, 6.07) is 14.6. The van der Waals surface area contributed by atoms with E-state index in [9.17, 15) is 4.79 Å². The fourth-order valence-corrected chi connectivity index (χ4v) is 1.87. The van der Waals surface area contributed by atoms with Crippen LogP contribution >= 0.6 is 0 Å². The lowest BCUT2D eigenvalue weighted by molar-refractivity contribution is 0.0958. The molecule has 0 bridgehead atoms. The molecular weight excluding hydrogens is 278 g/mol. The molecular formula is C18H17NO3. The van der Waals surface area contributed by atoms with E-state index in [1.54, 1.807) is 25.3 Å². The van der Waals surface area contributed by atoms with Gasteiger partial charge < -0.3 is 14.8 Å². The van der Waals surface area contributed by atoms with Crippen molar-refractivity contribution in [2.75, 3.05) is 20.8 Å². The second-order valence-electron chi connectivity index (χ2n) is 4.42. The SMILES string of the molecule is COc1ccc(C(=O)NCC#Cc2ccccc2)cc1OC. The fourth-order valence-electron chi connectivity index (χ4n) is 1.87. The minimum Gasteiger partial charge on any atom is -0.493 e. The summed E-state index contributed by atoms with van der Waals surface area (Å²) in [5.74, 6) is 6.80. The maximum absolute atomic E-state index is 12.0. The van der Waals surface area contributed by atoms with Gasteiger partial charge in [-0.25, -0.2) is 0 Å². The van der Waals surface area contributed by atoms with Gasteiger partial charge in [-0.2, -0.15) is 0 Å². The van der Waals surface area contributed by atoms with Gasteiger partial charge in [0.05, 0.1) is 20.8 Å². The molecule has 0 aromatic heterocycles. The van der Waals surface area contributed by atoms with E-state index in [1.807, 2.05) is 30.3 Å². The van der Waals surface area contributed by atoms with Gasteiger partial charge in [-0.1, -0.05) is 30.0 Å². The van der Waals surface area contributed by atoms with Crippen molar-refractivity contribution in [3.63, 3.8) is 0 Å². The molecule has 2 aromatic carbocycles. The summed E-state index contributed by atoms with van der Waals surface area (Å²) in [6.07, 6.45) is 0. The Balaban J connectivity index is 1.97. The Morgan fingerprint density at radius 1 is 1.05 bits per heavy atom. The van der Waals surface area contributed by atoms with Crippen molar-refractivity contribution in [2.45, 2.75) is 0 Å². The zero-order valence-corrected chi connectivity index (χ0v) is 12.6. The van der Waals surface area contributed by atoms with Crippen LogP contribution in [-0.2, 0) is 0 Å². The van der Waals surface area contributed by atoms with Crippen LogP contribution in [0.5, 0.6) is 11.5 Å². The number of amides is 1. The smallest absolute Gasteiger partial charge is 0.252 e. The molecule has 0 saturated carbocycles. The minimum absolute atomic E-state index is 0.205. The summed E-state index contributed by atoms with van der Waals surface area (Å²) in [6.45, 7) is 0.280. The van der Waals surface area contributed by atoms with Gasteiger partial charge in [-0.15, -0.1) is 0 Å². The van der Waals surface area contributed by atoms with E-state index in [-0.39, 0.29) is 12.5 Å². The van der Waals surface area contributed by atoms with Crippen molar-refractivity contribution in [1.29, 1.82) is 0 Å². The highest BCUT2D eigenvalue weighted by atomic mass is 16.5. The Morgan fingerprint density at radius 2 is 1.77 bits per heavy atom. The number of rotatable bonds is 4. The predicted octanol–water partition coefficient (Wildman–Crippen LogP) is 2.49. The molecule has 0 unspecified atom stereocenters. The highest BCUT2D eigenvalue weighted by molar-refractivity contribution is 5.95. The Bertz CT molecular complexity index is 699. The molecule has 0 radical (unpaired) electrons. The van der Waals surface area contributed by atoms with Gasteiger partial charge in [-0.05, 0) is 30.3 Å². The minimum atomic E-state index is -0.205. The van der Waals surface area contributed by atoms with Crippen molar-refractivity contribution in [2.24, 2.45) is 0 Å². The van der Waals surface area contributed by atoms with Crippen LogP contribution in [0.15, 0.2) is 48.5 Å². The summed E-state index contributed by atoms with van der Waals surface area (Å²) in [5, 5.41) is 2.75. The first-order valence-electron chi connectivity index (χ1n) is 6.78. The van der Waals surface area contributed by atoms with E-state index in [1.165, 1.54) is 7.11 Å². The average molecular weight is 295 g/mol. The molecule has 1 N–H and O–H groups in total. The van der Waals surface area contributed by atoms with Crippen LogP contribution in [0.2, 0.25) is 0 Å². The molecule has 0 aliphatic rings. The third-order valence-electron chi connectivity index (χ3n) is 2.99. The lowest BCUT2D eigenvalue weighted by atomic mass is 10.2. The van der Waals surface area contributed by atoms with Crippen LogP contribution in [0.3, 0.4) is 0 Å². The standard InChI is InChI=1S/C18H17NO3/c1-21-16-11-10-15(13-17(16)22-2)18(20)19-12-6-9-14-7-4-3-5-8-14/h3-5,7-8,10-11,13H,12H2,1-2H3,(H,19,20). The number of nitrogens with one attached hydrogen (secondary N) is 1. The first-order valence-corrected chi connectivity index (χ1v) is 6.78. The van der Waals surface area contributed by atoms with Crippen molar-refractivity contribution in [3.05, 3.63) is 59.7 Å². The zero-order chi connectivity index (χ0) is 15.8. The summed E-state index contributed by atoms with van der Waals surface area (Å²) < 4.78 is 10.3. The average Bonchev–Trinajstić information content (AvgIpc) is 2.58. The molecule has 1 amide bonds. The summed E-state index contributed by atoms with van der Waals surface area (Å²) in [4.78, 5) is 12.0. The van der Waals surface area contributed by atoms with Crippen molar-refractivity contribution in [1.82, 2.24) is 5.32 Å². The molecule has 0 saturated heterocycles. The van der Waals surface area contributed by atoms with E-state index >= 15 is 0 Å². The molecule has 4 heteroatoms. The third kappa shape index (κ3) is 4.03. The molecule has 2 aromatic rings. The molecule has 112 valence electrons. The second kappa shape index (κ2) is 7.75. The fraction of sp³-hybridized carbons (Fsp3) is 0.167. The molecule has 22 heavy (non-hydrogen) atoms. The molecule has 0 heterocycles. The van der Waals surface area contributed by atoms with Gasteiger partial charge in [-0.3, -0.25) is 4.79 Å². The second-order valence-corrected chi connectivity index (χ2v) is 4.42. The third-order valence-corrected chi connectivity index (χ3v) is 2.99. The monoisotopic (exact) mass is 295 g/mol. The van der Waals surface area contributed by atoms with Gasteiger partial charge in [0.15, 0.2) is 11.5 Å². The molecule has 0 aliphatic carbocycles. The Labute approximate surface area is 130 Å². The van der Waals surface area contributed by atoms with Gasteiger partial charge >= 0.3 is 0 Å². The van der Waals surface area contributed by atoms with Gasteiger partial charge in [0, 0.05) is 11.1 Å². The summed E-state index contributed by atoms with van der Waals surface area (Å²) in [7, 11) is 3.08. The topological polar surface area (TPSA) is 47.6 Å². The van der Waals surface area contributed by atoms with Crippen molar-refractivity contribution >= 4 is 5.91 Å². The van der Waals surface area contributed by atoms with E-state index in [0.29, 0.717) is 17.1 Å². The summed E-state index contributed by atoms with van der Waals surface area (Å²) >= 11 is 0. The highest BCUT2D eigenvalue weighted by Gasteiger charge is 2.09. The van der Waals surface area contributed by atoms with E-state index in [4.69, 9.17) is 9.47 Å². The number of carbonyl (C=O) groups excluding carboxylic acids is 1. The van der Waals surface area contributed by atoms with Crippen LogP contribution < -0.4 is 14.8 Å². The number of carbonyl (C=O) groups is 1. The van der Waals surface area contributed by atoms with Gasteiger partial charge in [0.1, 0.15) is 0 Å². The number of hydrogen-bond donors (Lipinski definition) is 1. The predicted molar refractivity (Wildman–Crippen MR) is 85.2 cm³/mol. The van der Waals surface area contributed by atoms with Crippen LogP contribution in [0.25, 0.3) is 0 Å². The number of methoxy groups -OCH3 is 2.